The van der Waals surface area contributed by atoms with Gasteiger partial charge in [-0.2, -0.15) is 4.98 Å². The third-order valence-electron chi connectivity index (χ3n) is 4.02. The molecule has 0 spiro atoms. The molecule has 1 fully saturated rings. The van der Waals surface area contributed by atoms with E-state index in [-0.39, 0.29) is 18.2 Å². The molecule has 10 heteroatoms. The molecular weight excluding hydrogens is 352 g/mol. The number of nitrogens with zero attached hydrogens (tertiary/aromatic N) is 5. The Labute approximate surface area is 153 Å². The number of carbonyl (C=O) groups is 1. The fourth-order valence-electron chi connectivity index (χ4n) is 2.69. The third kappa shape index (κ3) is 3.90. The van der Waals surface area contributed by atoms with Crippen LogP contribution in [0.5, 0.6) is 0 Å². The average Bonchev–Trinajstić information content (AvgIpc) is 3.38. The fraction of sp³-hybridized carbons (Fsp3) is 0.294. The van der Waals surface area contributed by atoms with Gasteiger partial charge in [-0.15, -0.1) is 0 Å². The van der Waals surface area contributed by atoms with E-state index in [2.05, 4.69) is 30.4 Å². The third-order valence-corrected chi connectivity index (χ3v) is 4.02. The summed E-state index contributed by atoms with van der Waals surface area (Å²) in [4.78, 5) is 28.1. The number of pyridine rings is 1. The van der Waals surface area contributed by atoms with Gasteiger partial charge in [0, 0.05) is 19.0 Å². The van der Waals surface area contributed by atoms with E-state index in [1.54, 1.807) is 12.3 Å². The van der Waals surface area contributed by atoms with Gasteiger partial charge in [-0.05, 0) is 31.0 Å². The highest BCUT2D eigenvalue weighted by atomic mass is 16.5. The maximum absolute atomic E-state index is 11.1. The number of hydrogen-bond acceptors (Lipinski definition) is 9. The standard InChI is InChI=1S/C17H16N6O4/c24-16(25)10-3-5-18-12(8-10)11-4-6-19-17(21-11)20-9-14-22-15(27-23-14)13-2-1-7-26-13/h3-6,8,13H,1-2,7,9H2,(H,24,25)(H,19,20,21). The molecule has 3 aromatic rings. The molecule has 4 rings (SSSR count). The van der Waals surface area contributed by atoms with Gasteiger partial charge < -0.3 is 19.7 Å². The molecule has 27 heavy (non-hydrogen) atoms. The zero-order valence-electron chi connectivity index (χ0n) is 14.2. The van der Waals surface area contributed by atoms with Crippen molar-refractivity contribution in [3.8, 4) is 11.4 Å². The molecule has 1 saturated heterocycles. The summed E-state index contributed by atoms with van der Waals surface area (Å²) in [5, 5.41) is 16.0. The number of hydrogen-bond donors (Lipinski definition) is 2. The maximum Gasteiger partial charge on any atom is 0.335 e. The summed E-state index contributed by atoms with van der Waals surface area (Å²) in [6.07, 6.45) is 4.73. The van der Waals surface area contributed by atoms with Crippen LogP contribution >= 0.6 is 0 Å². The van der Waals surface area contributed by atoms with Crippen LogP contribution in [0.2, 0.25) is 0 Å². The molecule has 1 aliphatic rings. The molecular formula is C17H16N6O4. The molecule has 0 amide bonds. The molecule has 10 nitrogen and oxygen atoms in total. The minimum atomic E-state index is -1.02. The van der Waals surface area contributed by atoms with E-state index in [0.29, 0.717) is 35.7 Å². The van der Waals surface area contributed by atoms with Crippen molar-refractivity contribution in [2.24, 2.45) is 0 Å². The number of rotatable bonds is 6. The van der Waals surface area contributed by atoms with Crippen molar-refractivity contribution in [3.63, 3.8) is 0 Å². The smallest absolute Gasteiger partial charge is 0.335 e. The van der Waals surface area contributed by atoms with Crippen LogP contribution in [-0.2, 0) is 11.3 Å². The maximum atomic E-state index is 11.1. The van der Waals surface area contributed by atoms with Gasteiger partial charge in [0.05, 0.1) is 23.5 Å². The van der Waals surface area contributed by atoms with E-state index in [0.717, 1.165) is 12.8 Å². The molecule has 3 aromatic heterocycles. The van der Waals surface area contributed by atoms with Gasteiger partial charge in [0.1, 0.15) is 6.10 Å². The average molecular weight is 368 g/mol. The van der Waals surface area contributed by atoms with E-state index >= 15 is 0 Å². The van der Waals surface area contributed by atoms with Crippen LogP contribution in [-0.4, -0.2) is 42.8 Å². The molecule has 0 saturated carbocycles. The predicted molar refractivity (Wildman–Crippen MR) is 91.8 cm³/mol. The summed E-state index contributed by atoms with van der Waals surface area (Å²) in [5.74, 6) is 0.276. The second kappa shape index (κ2) is 7.46. The summed E-state index contributed by atoms with van der Waals surface area (Å²) in [6.45, 7) is 0.987. The Kier molecular flexibility index (Phi) is 4.71. The van der Waals surface area contributed by atoms with Gasteiger partial charge in [-0.25, -0.2) is 14.8 Å². The molecule has 4 heterocycles. The van der Waals surface area contributed by atoms with Crippen LogP contribution in [0, 0.1) is 0 Å². The number of ether oxygens (including phenoxy) is 1. The SMILES string of the molecule is O=C(O)c1ccnc(-c2ccnc(NCc3noc(C4CCCO4)n3)n2)c1. The van der Waals surface area contributed by atoms with Gasteiger partial charge in [0.2, 0.25) is 5.95 Å². The first-order valence-electron chi connectivity index (χ1n) is 8.40. The molecule has 0 aliphatic carbocycles. The Balaban J connectivity index is 1.45. The topological polar surface area (TPSA) is 136 Å². The van der Waals surface area contributed by atoms with Gasteiger partial charge in [-0.3, -0.25) is 4.98 Å². The van der Waals surface area contributed by atoms with E-state index in [1.807, 2.05) is 0 Å². The quantitative estimate of drug-likeness (QED) is 0.665. The second-order valence-corrected chi connectivity index (χ2v) is 5.90. The molecule has 2 N–H and O–H groups in total. The summed E-state index contributed by atoms with van der Waals surface area (Å²) in [5.41, 5.74) is 1.09. The minimum absolute atomic E-state index is 0.126. The Morgan fingerprint density at radius 2 is 2.11 bits per heavy atom. The molecule has 1 aliphatic heterocycles. The highest BCUT2D eigenvalue weighted by Crippen LogP contribution is 2.27. The normalized spacial score (nSPS) is 16.4. The lowest BCUT2D eigenvalue weighted by molar-refractivity contribution is 0.0696. The Bertz CT molecular complexity index is 954. The lowest BCUT2D eigenvalue weighted by Crippen LogP contribution is -2.06. The summed E-state index contributed by atoms with van der Waals surface area (Å²) >= 11 is 0. The predicted octanol–water partition coefficient (Wildman–Crippen LogP) is 2.08. The van der Waals surface area contributed by atoms with Crippen molar-refractivity contribution in [1.29, 1.82) is 0 Å². The van der Waals surface area contributed by atoms with Crippen molar-refractivity contribution in [1.82, 2.24) is 25.1 Å². The first-order chi connectivity index (χ1) is 13.2. The van der Waals surface area contributed by atoms with Gasteiger partial charge in [-0.1, -0.05) is 5.16 Å². The number of aromatic carboxylic acids is 1. The van der Waals surface area contributed by atoms with Gasteiger partial charge in [0.25, 0.3) is 5.89 Å². The lowest BCUT2D eigenvalue weighted by Gasteiger charge is -2.05. The largest absolute Gasteiger partial charge is 0.478 e. The van der Waals surface area contributed by atoms with Gasteiger partial charge in [0.15, 0.2) is 5.82 Å². The van der Waals surface area contributed by atoms with Crippen LogP contribution in [0.1, 0.15) is 41.0 Å². The van der Waals surface area contributed by atoms with Gasteiger partial charge >= 0.3 is 5.97 Å². The van der Waals surface area contributed by atoms with Crippen molar-refractivity contribution in [3.05, 3.63) is 47.9 Å². The van der Waals surface area contributed by atoms with Crippen molar-refractivity contribution >= 4 is 11.9 Å². The first-order valence-corrected chi connectivity index (χ1v) is 8.40. The molecule has 0 bridgehead atoms. The fourth-order valence-corrected chi connectivity index (χ4v) is 2.69. The molecule has 1 atom stereocenters. The highest BCUT2D eigenvalue weighted by molar-refractivity contribution is 5.88. The number of anilines is 1. The van der Waals surface area contributed by atoms with E-state index in [1.165, 1.54) is 18.3 Å². The van der Waals surface area contributed by atoms with Crippen LogP contribution in [0.4, 0.5) is 5.95 Å². The number of carboxylic acids is 1. The Morgan fingerprint density at radius 1 is 1.22 bits per heavy atom. The lowest BCUT2D eigenvalue weighted by atomic mass is 10.2. The summed E-state index contributed by atoms with van der Waals surface area (Å²) in [6, 6.07) is 4.54. The highest BCUT2D eigenvalue weighted by Gasteiger charge is 2.23. The van der Waals surface area contributed by atoms with E-state index in [4.69, 9.17) is 14.4 Å². The van der Waals surface area contributed by atoms with Crippen LogP contribution < -0.4 is 5.32 Å². The molecule has 0 aromatic carbocycles. The monoisotopic (exact) mass is 368 g/mol. The first kappa shape index (κ1) is 17.0. The van der Waals surface area contributed by atoms with Crippen LogP contribution in [0.25, 0.3) is 11.4 Å². The Morgan fingerprint density at radius 3 is 2.93 bits per heavy atom. The molecule has 0 radical (unpaired) electrons. The van der Waals surface area contributed by atoms with Crippen LogP contribution in [0.3, 0.4) is 0 Å². The zero-order chi connectivity index (χ0) is 18.6. The summed E-state index contributed by atoms with van der Waals surface area (Å²) < 4.78 is 10.7. The molecule has 138 valence electrons. The van der Waals surface area contributed by atoms with E-state index < -0.39 is 5.97 Å². The zero-order valence-corrected chi connectivity index (χ0v) is 14.2. The summed E-state index contributed by atoms with van der Waals surface area (Å²) in [7, 11) is 0. The number of carboxylic acid groups (broad SMARTS) is 1. The van der Waals surface area contributed by atoms with Crippen molar-refractivity contribution < 1.29 is 19.2 Å². The second-order valence-electron chi connectivity index (χ2n) is 5.90. The number of aromatic nitrogens is 5. The Hall–Kier alpha value is -3.40. The van der Waals surface area contributed by atoms with Crippen molar-refractivity contribution in [2.45, 2.75) is 25.5 Å². The molecule has 1 unspecified atom stereocenters. The van der Waals surface area contributed by atoms with Crippen LogP contribution in [0.15, 0.2) is 35.1 Å². The van der Waals surface area contributed by atoms with E-state index in [9.17, 15) is 4.79 Å². The van der Waals surface area contributed by atoms with Crippen molar-refractivity contribution in [2.75, 3.05) is 11.9 Å². The number of nitrogens with one attached hydrogen (secondary N) is 1. The minimum Gasteiger partial charge on any atom is -0.478 e.